The van der Waals surface area contributed by atoms with Crippen LogP contribution in [0.25, 0.3) is 5.00 Å². The topological polar surface area (TPSA) is 90.6 Å². The average Bonchev–Trinajstić information content (AvgIpc) is 3.31. The molecule has 0 saturated carbocycles. The van der Waals surface area contributed by atoms with Gasteiger partial charge in [-0.1, -0.05) is 23.7 Å². The monoisotopic (exact) mass is 499 g/mol. The molecular formula is C24H26ClN5O3S. The Morgan fingerprint density at radius 3 is 2.76 bits per heavy atom. The lowest BCUT2D eigenvalue weighted by Gasteiger charge is -2.22. The van der Waals surface area contributed by atoms with Crippen molar-refractivity contribution in [3.05, 3.63) is 62.5 Å². The van der Waals surface area contributed by atoms with Crippen molar-refractivity contribution in [2.45, 2.75) is 58.8 Å². The summed E-state index contributed by atoms with van der Waals surface area (Å²) in [5.41, 5.74) is 6.47. The molecule has 1 aromatic carbocycles. The third-order valence-corrected chi connectivity index (χ3v) is 7.62. The van der Waals surface area contributed by atoms with Gasteiger partial charge in [-0.05, 0) is 51.3 Å². The van der Waals surface area contributed by atoms with E-state index in [1.54, 1.807) is 11.3 Å². The van der Waals surface area contributed by atoms with E-state index in [9.17, 15) is 4.79 Å². The lowest BCUT2D eigenvalue weighted by molar-refractivity contribution is -0.200. The summed E-state index contributed by atoms with van der Waals surface area (Å²) in [5, 5.41) is 10.4. The predicted molar refractivity (Wildman–Crippen MR) is 131 cm³/mol. The summed E-state index contributed by atoms with van der Waals surface area (Å²) in [5.74, 6) is 1.10. The van der Waals surface area contributed by atoms with Gasteiger partial charge in [-0.25, -0.2) is 10.3 Å². The maximum atomic E-state index is 12.9. The number of thiophene rings is 1. The number of fused-ring (bicyclic) bond motifs is 3. The van der Waals surface area contributed by atoms with Crippen molar-refractivity contribution in [1.29, 1.82) is 0 Å². The van der Waals surface area contributed by atoms with Crippen molar-refractivity contribution in [2.75, 3.05) is 6.61 Å². The van der Waals surface area contributed by atoms with Crippen LogP contribution in [0.15, 0.2) is 29.3 Å². The smallest absolute Gasteiger partial charge is 0.246 e. The Kier molecular flexibility index (Phi) is 6.52. The number of amides is 1. The first-order chi connectivity index (χ1) is 16.4. The number of aliphatic imine (C=N–C) groups is 1. The maximum Gasteiger partial charge on any atom is 0.246 e. The zero-order valence-electron chi connectivity index (χ0n) is 19.3. The highest BCUT2D eigenvalue weighted by molar-refractivity contribution is 7.15. The van der Waals surface area contributed by atoms with E-state index < -0.39 is 12.3 Å². The van der Waals surface area contributed by atoms with E-state index >= 15 is 0 Å². The molecular weight excluding hydrogens is 474 g/mol. The van der Waals surface area contributed by atoms with Gasteiger partial charge in [0, 0.05) is 34.1 Å². The molecule has 2 atom stereocenters. The fraction of sp³-hybridized carbons (Fsp3) is 0.417. The van der Waals surface area contributed by atoms with Crippen LogP contribution in [0.1, 0.15) is 64.9 Å². The van der Waals surface area contributed by atoms with Crippen LogP contribution >= 0.6 is 22.9 Å². The molecule has 1 N–H and O–H groups in total. The minimum absolute atomic E-state index is 0.0644. The van der Waals surface area contributed by atoms with Crippen LogP contribution in [0, 0.1) is 20.8 Å². The zero-order valence-corrected chi connectivity index (χ0v) is 20.9. The molecule has 0 bridgehead atoms. The predicted octanol–water partition coefficient (Wildman–Crippen LogP) is 4.76. The zero-order chi connectivity index (χ0) is 23.8. The van der Waals surface area contributed by atoms with Crippen LogP contribution in [0.2, 0.25) is 5.02 Å². The summed E-state index contributed by atoms with van der Waals surface area (Å²) < 4.78 is 7.56. The Bertz CT molecular complexity index is 1240. The Labute approximate surface area is 206 Å². The molecule has 8 nitrogen and oxygen atoms in total. The highest BCUT2D eigenvalue weighted by Crippen LogP contribution is 2.39. The highest BCUT2D eigenvalue weighted by Gasteiger charge is 2.32. The minimum atomic E-state index is -0.540. The number of halogens is 1. The van der Waals surface area contributed by atoms with Crippen LogP contribution in [0.5, 0.6) is 0 Å². The summed E-state index contributed by atoms with van der Waals surface area (Å²) in [7, 11) is 0. The Morgan fingerprint density at radius 1 is 1.24 bits per heavy atom. The van der Waals surface area contributed by atoms with Gasteiger partial charge in [0.15, 0.2) is 12.1 Å². The van der Waals surface area contributed by atoms with Crippen LogP contribution in [-0.4, -0.2) is 39.3 Å². The fourth-order valence-corrected chi connectivity index (χ4v) is 5.63. The second-order valence-corrected chi connectivity index (χ2v) is 10.2. The summed E-state index contributed by atoms with van der Waals surface area (Å²) in [6.45, 7) is 6.75. The number of nitrogens with zero attached hydrogens (tertiary/aromatic N) is 4. The number of hydroxylamine groups is 1. The molecule has 0 spiro atoms. The van der Waals surface area contributed by atoms with Crippen molar-refractivity contribution < 1.29 is 14.4 Å². The van der Waals surface area contributed by atoms with Crippen molar-refractivity contribution in [1.82, 2.24) is 20.2 Å². The number of carbonyl (C=O) groups is 1. The molecule has 0 radical (unpaired) electrons. The minimum Gasteiger partial charge on any atom is -0.350 e. The number of rotatable bonds is 5. The summed E-state index contributed by atoms with van der Waals surface area (Å²) >= 11 is 7.83. The molecule has 2 aliphatic heterocycles. The average molecular weight is 500 g/mol. The molecule has 3 aromatic rings. The van der Waals surface area contributed by atoms with Crippen LogP contribution < -0.4 is 5.48 Å². The van der Waals surface area contributed by atoms with E-state index in [1.807, 2.05) is 35.8 Å². The number of carbonyl (C=O) groups excluding carboxylic acids is 1. The van der Waals surface area contributed by atoms with Crippen molar-refractivity contribution >= 4 is 34.6 Å². The lowest BCUT2D eigenvalue weighted by Crippen LogP contribution is -2.33. The first-order valence-electron chi connectivity index (χ1n) is 11.3. The molecule has 1 saturated heterocycles. The number of aryl methyl sites for hydroxylation is 2. The van der Waals surface area contributed by atoms with E-state index in [4.69, 9.17) is 26.2 Å². The Hall–Kier alpha value is -2.59. The van der Waals surface area contributed by atoms with Gasteiger partial charge in [0.1, 0.15) is 16.9 Å². The molecule has 4 heterocycles. The maximum absolute atomic E-state index is 12.9. The summed E-state index contributed by atoms with van der Waals surface area (Å²) in [4.78, 5) is 24.6. The first kappa shape index (κ1) is 23.2. The van der Waals surface area contributed by atoms with Crippen molar-refractivity contribution in [3.8, 4) is 5.00 Å². The van der Waals surface area contributed by atoms with Gasteiger partial charge < -0.3 is 4.74 Å². The van der Waals surface area contributed by atoms with E-state index in [0.717, 1.165) is 52.5 Å². The van der Waals surface area contributed by atoms with Gasteiger partial charge in [-0.3, -0.25) is 14.4 Å². The van der Waals surface area contributed by atoms with E-state index in [2.05, 4.69) is 29.5 Å². The van der Waals surface area contributed by atoms with E-state index in [0.29, 0.717) is 17.5 Å². The summed E-state index contributed by atoms with van der Waals surface area (Å²) in [6.07, 6.45) is 2.44. The van der Waals surface area contributed by atoms with E-state index in [-0.39, 0.29) is 12.3 Å². The number of hydrogen-bond donors (Lipinski definition) is 1. The summed E-state index contributed by atoms with van der Waals surface area (Å²) in [6, 6.07) is 7.07. The van der Waals surface area contributed by atoms with Crippen molar-refractivity contribution in [2.24, 2.45) is 4.99 Å². The molecule has 2 aliphatic rings. The van der Waals surface area contributed by atoms with Crippen molar-refractivity contribution in [3.63, 3.8) is 0 Å². The van der Waals surface area contributed by atoms with E-state index in [1.165, 1.54) is 4.88 Å². The number of hydrogen-bond acceptors (Lipinski definition) is 7. The van der Waals surface area contributed by atoms with Crippen LogP contribution in [0.4, 0.5) is 0 Å². The number of nitrogens with one attached hydrogen (secondary N) is 1. The standard InChI is InChI=1S/C24H26ClN5O3S/c1-13-14(2)34-24-21(13)22(16-7-9-17(25)10-8-16)26-18(23-28-27-15(3)30(23)24)12-19(31)29-33-20-6-4-5-11-32-20/h7-10,18,20H,4-6,11-12H2,1-3H3,(H,29,31)/t18-,20?/m0/s1. The Balaban J connectivity index is 1.53. The second kappa shape index (κ2) is 9.58. The lowest BCUT2D eigenvalue weighted by atomic mass is 9.99. The Morgan fingerprint density at radius 2 is 2.03 bits per heavy atom. The third-order valence-electron chi connectivity index (χ3n) is 6.18. The van der Waals surface area contributed by atoms with Gasteiger partial charge in [-0.2, -0.15) is 0 Å². The first-order valence-corrected chi connectivity index (χ1v) is 12.5. The highest BCUT2D eigenvalue weighted by atomic mass is 35.5. The molecule has 10 heteroatoms. The van der Waals surface area contributed by atoms with Gasteiger partial charge in [-0.15, -0.1) is 21.5 Å². The normalized spacial score (nSPS) is 19.7. The molecule has 1 amide bonds. The fourth-order valence-electron chi connectivity index (χ4n) is 4.29. The molecule has 1 fully saturated rings. The van der Waals surface area contributed by atoms with Crippen LogP contribution in [0.3, 0.4) is 0 Å². The van der Waals surface area contributed by atoms with Gasteiger partial charge in [0.2, 0.25) is 5.91 Å². The van der Waals surface area contributed by atoms with Gasteiger partial charge >= 0.3 is 0 Å². The largest absolute Gasteiger partial charge is 0.350 e. The molecule has 0 aliphatic carbocycles. The number of aromatic nitrogens is 3. The molecule has 2 aromatic heterocycles. The second-order valence-electron chi connectivity index (χ2n) is 8.55. The quantitative estimate of drug-likeness (QED) is 0.511. The number of benzene rings is 1. The molecule has 5 rings (SSSR count). The molecule has 1 unspecified atom stereocenters. The van der Waals surface area contributed by atoms with Gasteiger partial charge in [0.25, 0.3) is 0 Å². The third kappa shape index (κ3) is 4.40. The number of ether oxygens (including phenoxy) is 1. The van der Waals surface area contributed by atoms with Gasteiger partial charge in [0.05, 0.1) is 12.1 Å². The van der Waals surface area contributed by atoms with Crippen LogP contribution in [-0.2, 0) is 14.4 Å². The SMILES string of the molecule is Cc1sc2c(c1C)C(c1ccc(Cl)cc1)=N[C@@H](CC(=O)NOC1CCCCO1)c1nnc(C)n1-2. The molecule has 34 heavy (non-hydrogen) atoms. The molecule has 178 valence electrons.